The first kappa shape index (κ1) is 15.4. The van der Waals surface area contributed by atoms with Crippen molar-refractivity contribution in [2.24, 2.45) is 0 Å². The maximum Gasteiger partial charge on any atom is 0.323 e. The van der Waals surface area contributed by atoms with Crippen molar-refractivity contribution in [3.8, 4) is 0 Å². The van der Waals surface area contributed by atoms with E-state index in [0.29, 0.717) is 12.1 Å². The summed E-state index contributed by atoms with van der Waals surface area (Å²) in [6.07, 6.45) is 0. The summed E-state index contributed by atoms with van der Waals surface area (Å²) >= 11 is 5.38. The zero-order valence-corrected chi connectivity index (χ0v) is 11.0. The monoisotopic (exact) mass is 291 g/mol. The molecular weight excluding hydrogens is 280 g/mol. The third-order valence-corrected chi connectivity index (χ3v) is 2.72. The van der Waals surface area contributed by atoms with Crippen LogP contribution in [0.2, 0.25) is 5.02 Å². The lowest BCUT2D eigenvalue weighted by molar-refractivity contribution is -0.138. The highest BCUT2D eigenvalue weighted by Crippen LogP contribution is 2.21. The fourth-order valence-electron chi connectivity index (χ4n) is 1.48. The lowest BCUT2D eigenvalue weighted by atomic mass is 10.1. The van der Waals surface area contributed by atoms with Crippen molar-refractivity contribution in [2.75, 3.05) is 6.54 Å². The molecule has 0 spiro atoms. The minimum Gasteiger partial charge on any atom is -0.480 e. The lowest BCUT2D eigenvalue weighted by Crippen LogP contribution is -2.41. The Labute approximate surface area is 113 Å². The van der Waals surface area contributed by atoms with Gasteiger partial charge in [0.15, 0.2) is 0 Å². The molecule has 1 N–H and O–H groups in total. The third kappa shape index (κ3) is 3.64. The summed E-state index contributed by atoms with van der Waals surface area (Å²) in [4.78, 5) is 23.6. The molecule has 0 saturated heterocycles. The number of carbonyl (C=O) groups excluding carboxylic acids is 1. The molecule has 0 heterocycles. The normalized spacial score (nSPS) is 10.6. The van der Waals surface area contributed by atoms with Crippen molar-refractivity contribution in [1.82, 2.24) is 4.90 Å². The van der Waals surface area contributed by atoms with Gasteiger partial charge in [-0.1, -0.05) is 11.6 Å². The lowest BCUT2D eigenvalue weighted by Gasteiger charge is -2.25. The molecule has 1 rings (SSSR count). The fourth-order valence-corrected chi connectivity index (χ4v) is 1.63. The van der Waals surface area contributed by atoms with Crippen molar-refractivity contribution in [3.05, 3.63) is 34.4 Å². The molecule has 0 aromatic heterocycles. The van der Waals surface area contributed by atoms with Gasteiger partial charge in [0.25, 0.3) is 5.91 Å². The Hall–Kier alpha value is -1.69. The van der Waals surface area contributed by atoms with Gasteiger partial charge in [0.1, 0.15) is 18.2 Å². The maximum absolute atomic E-state index is 13.6. The zero-order valence-electron chi connectivity index (χ0n) is 10.3. The molecule has 4 nitrogen and oxygen atoms in total. The fraction of sp³-hybridized carbons (Fsp3) is 0.333. The first-order chi connectivity index (χ1) is 8.73. The molecule has 0 unspecified atom stereocenters. The molecule has 0 fully saturated rings. The average molecular weight is 292 g/mol. The van der Waals surface area contributed by atoms with Crippen LogP contribution < -0.4 is 0 Å². The van der Waals surface area contributed by atoms with Crippen molar-refractivity contribution < 1.29 is 23.5 Å². The Morgan fingerprint density at radius 1 is 1.32 bits per heavy atom. The van der Waals surface area contributed by atoms with Gasteiger partial charge >= 0.3 is 5.97 Å². The summed E-state index contributed by atoms with van der Waals surface area (Å²) in [6.45, 7) is 2.55. The molecule has 0 aliphatic heterocycles. The molecule has 0 bridgehead atoms. The molecule has 1 aromatic rings. The Morgan fingerprint density at radius 3 is 2.37 bits per heavy atom. The smallest absolute Gasteiger partial charge is 0.323 e. The minimum atomic E-state index is -1.24. The van der Waals surface area contributed by atoms with Crippen LogP contribution in [0.3, 0.4) is 0 Å². The second-order valence-electron chi connectivity index (χ2n) is 4.17. The van der Waals surface area contributed by atoms with Gasteiger partial charge in [-0.25, -0.2) is 8.78 Å². The molecule has 0 atom stereocenters. The highest BCUT2D eigenvalue weighted by Gasteiger charge is 2.25. The first-order valence-corrected chi connectivity index (χ1v) is 5.79. The van der Waals surface area contributed by atoms with Gasteiger partial charge in [0, 0.05) is 6.04 Å². The quantitative estimate of drug-likeness (QED) is 0.867. The van der Waals surface area contributed by atoms with Crippen LogP contribution in [0.5, 0.6) is 0 Å². The predicted octanol–water partition coefficient (Wildman–Crippen LogP) is 2.55. The molecule has 0 radical (unpaired) electrons. The predicted molar refractivity (Wildman–Crippen MR) is 65.2 cm³/mol. The highest BCUT2D eigenvalue weighted by atomic mass is 35.5. The molecular formula is C12H12ClF2NO3. The average Bonchev–Trinajstić information content (AvgIpc) is 2.29. The van der Waals surface area contributed by atoms with E-state index >= 15 is 0 Å². The van der Waals surface area contributed by atoms with E-state index in [1.54, 1.807) is 13.8 Å². The van der Waals surface area contributed by atoms with Crippen LogP contribution in [-0.4, -0.2) is 34.5 Å². The molecule has 0 aliphatic carbocycles. The second-order valence-corrected chi connectivity index (χ2v) is 4.57. The SMILES string of the molecule is CC(C)N(CC(=O)O)C(=O)c1cc(F)c(Cl)cc1F. The van der Waals surface area contributed by atoms with Crippen LogP contribution in [0.4, 0.5) is 8.78 Å². The summed E-state index contributed by atoms with van der Waals surface area (Å²) in [5.74, 6) is -4.07. The Morgan fingerprint density at radius 2 is 1.89 bits per heavy atom. The van der Waals surface area contributed by atoms with E-state index < -0.39 is 46.7 Å². The number of hydrogen-bond acceptors (Lipinski definition) is 2. The molecule has 0 aliphatic rings. The third-order valence-electron chi connectivity index (χ3n) is 2.43. The van der Waals surface area contributed by atoms with E-state index in [-0.39, 0.29) is 0 Å². The van der Waals surface area contributed by atoms with Crippen LogP contribution in [0.25, 0.3) is 0 Å². The topological polar surface area (TPSA) is 57.6 Å². The van der Waals surface area contributed by atoms with E-state index in [1.165, 1.54) is 0 Å². The number of benzene rings is 1. The summed E-state index contributed by atoms with van der Waals surface area (Å²) in [5, 5.41) is 8.27. The van der Waals surface area contributed by atoms with Crippen molar-refractivity contribution in [3.63, 3.8) is 0 Å². The number of amides is 1. The molecule has 1 aromatic carbocycles. The van der Waals surface area contributed by atoms with Crippen molar-refractivity contribution in [1.29, 1.82) is 0 Å². The minimum absolute atomic E-state index is 0.441. The van der Waals surface area contributed by atoms with Crippen LogP contribution in [-0.2, 0) is 4.79 Å². The van der Waals surface area contributed by atoms with Gasteiger partial charge in [0.05, 0.1) is 10.6 Å². The van der Waals surface area contributed by atoms with E-state index in [9.17, 15) is 18.4 Å². The number of nitrogens with zero attached hydrogens (tertiary/aromatic N) is 1. The second kappa shape index (κ2) is 5.97. The number of halogens is 3. The van der Waals surface area contributed by atoms with E-state index in [4.69, 9.17) is 16.7 Å². The van der Waals surface area contributed by atoms with E-state index in [2.05, 4.69) is 0 Å². The molecule has 19 heavy (non-hydrogen) atoms. The summed E-state index contributed by atoms with van der Waals surface area (Å²) < 4.78 is 26.9. The van der Waals surface area contributed by atoms with Crippen LogP contribution in [0.15, 0.2) is 12.1 Å². The Bertz CT molecular complexity index is 520. The Kier molecular flexibility index (Phi) is 4.83. The molecule has 1 amide bonds. The molecule has 104 valence electrons. The van der Waals surface area contributed by atoms with Gasteiger partial charge in [-0.2, -0.15) is 0 Å². The zero-order chi connectivity index (χ0) is 14.7. The van der Waals surface area contributed by atoms with Gasteiger partial charge < -0.3 is 10.0 Å². The van der Waals surface area contributed by atoms with E-state index in [1.807, 2.05) is 0 Å². The number of carbonyl (C=O) groups is 2. The van der Waals surface area contributed by atoms with Gasteiger partial charge in [-0.3, -0.25) is 9.59 Å². The van der Waals surface area contributed by atoms with Gasteiger partial charge in [-0.05, 0) is 26.0 Å². The number of rotatable bonds is 4. The number of aliphatic carboxylic acids is 1. The Balaban J connectivity index is 3.16. The van der Waals surface area contributed by atoms with Gasteiger partial charge in [0.2, 0.25) is 0 Å². The molecule has 7 heteroatoms. The van der Waals surface area contributed by atoms with Crippen LogP contribution in [0.1, 0.15) is 24.2 Å². The summed E-state index contributed by atoms with van der Waals surface area (Å²) in [6, 6.07) is 0.877. The van der Waals surface area contributed by atoms with Crippen LogP contribution in [0, 0.1) is 11.6 Å². The van der Waals surface area contributed by atoms with Crippen molar-refractivity contribution in [2.45, 2.75) is 19.9 Å². The number of carboxylic acid groups (broad SMARTS) is 1. The highest BCUT2D eigenvalue weighted by molar-refractivity contribution is 6.30. The van der Waals surface area contributed by atoms with Crippen LogP contribution >= 0.6 is 11.6 Å². The van der Waals surface area contributed by atoms with Gasteiger partial charge in [-0.15, -0.1) is 0 Å². The first-order valence-electron chi connectivity index (χ1n) is 5.41. The number of carboxylic acids is 1. The van der Waals surface area contributed by atoms with Crippen molar-refractivity contribution >= 4 is 23.5 Å². The molecule has 0 saturated carbocycles. The summed E-state index contributed by atoms with van der Waals surface area (Å²) in [5.41, 5.74) is -0.545. The summed E-state index contributed by atoms with van der Waals surface area (Å²) in [7, 11) is 0. The standard InChI is InChI=1S/C12H12ClF2NO3/c1-6(2)16(5-11(17)18)12(19)7-3-10(15)8(13)4-9(7)14/h3-4,6H,5H2,1-2H3,(H,17,18). The maximum atomic E-state index is 13.6. The number of hydrogen-bond donors (Lipinski definition) is 1. The largest absolute Gasteiger partial charge is 0.480 e. The van der Waals surface area contributed by atoms with E-state index in [0.717, 1.165) is 4.90 Å².